The van der Waals surface area contributed by atoms with Gasteiger partial charge >= 0.3 is 0 Å². The fourth-order valence-corrected chi connectivity index (χ4v) is 3.19. The number of ketones is 1. The van der Waals surface area contributed by atoms with Crippen molar-refractivity contribution in [3.63, 3.8) is 0 Å². The summed E-state index contributed by atoms with van der Waals surface area (Å²) in [6.07, 6.45) is 1.53. The first kappa shape index (κ1) is 18.8. The second kappa shape index (κ2) is 8.16. The van der Waals surface area contributed by atoms with Crippen LogP contribution < -0.4 is 5.32 Å². The van der Waals surface area contributed by atoms with Crippen molar-refractivity contribution in [3.05, 3.63) is 39.9 Å². The van der Waals surface area contributed by atoms with Crippen LogP contribution in [0.3, 0.4) is 0 Å². The van der Waals surface area contributed by atoms with Crippen LogP contribution in [0.1, 0.15) is 12.8 Å². The zero-order valence-electron chi connectivity index (χ0n) is 13.7. The molecule has 1 saturated heterocycles. The van der Waals surface area contributed by atoms with E-state index in [1.54, 1.807) is 0 Å². The predicted octanol–water partition coefficient (Wildman–Crippen LogP) is 3.05. The van der Waals surface area contributed by atoms with Gasteiger partial charge in [-0.1, -0.05) is 23.2 Å². The maximum Gasteiger partial charge on any atom is 0.230 e. The maximum absolute atomic E-state index is 13.4. The van der Waals surface area contributed by atoms with Gasteiger partial charge in [0.2, 0.25) is 5.91 Å². The largest absolute Gasteiger partial charge is 0.378 e. The maximum atomic E-state index is 13.4. The third-order valence-corrected chi connectivity index (χ3v) is 4.46. The number of aliphatic imine (C=N–C) groups is 1. The molecule has 2 aliphatic heterocycles. The molecule has 6 nitrogen and oxygen atoms in total. The van der Waals surface area contributed by atoms with Crippen LogP contribution in [0.4, 0.5) is 10.1 Å². The van der Waals surface area contributed by atoms with E-state index in [4.69, 9.17) is 27.9 Å². The minimum absolute atomic E-state index is 0.0555. The Morgan fingerprint density at radius 1 is 1.27 bits per heavy atom. The molecule has 0 unspecified atom stereocenters. The Hall–Kier alpha value is -1.96. The highest BCUT2D eigenvalue weighted by atomic mass is 35.5. The smallest absolute Gasteiger partial charge is 0.230 e. The van der Waals surface area contributed by atoms with E-state index in [1.807, 2.05) is 4.90 Å². The normalized spacial score (nSPS) is 17.7. The van der Waals surface area contributed by atoms with Gasteiger partial charge in [0.05, 0.1) is 29.7 Å². The quantitative estimate of drug-likeness (QED) is 0.789. The summed E-state index contributed by atoms with van der Waals surface area (Å²) in [5.41, 5.74) is 0.744. The number of hydrogen-bond donors (Lipinski definition) is 1. The lowest BCUT2D eigenvalue weighted by atomic mass is 10.1. The minimum Gasteiger partial charge on any atom is -0.378 e. The van der Waals surface area contributed by atoms with Crippen LogP contribution in [0.15, 0.2) is 29.0 Å². The molecule has 1 N–H and O–H groups in total. The zero-order chi connectivity index (χ0) is 18.7. The van der Waals surface area contributed by atoms with Crippen molar-refractivity contribution in [1.29, 1.82) is 0 Å². The number of amides is 1. The van der Waals surface area contributed by atoms with E-state index in [-0.39, 0.29) is 34.4 Å². The minimum atomic E-state index is -0.742. The predicted molar refractivity (Wildman–Crippen MR) is 97.2 cm³/mol. The van der Waals surface area contributed by atoms with Crippen LogP contribution in [0.5, 0.6) is 0 Å². The second-order valence-corrected chi connectivity index (χ2v) is 6.72. The van der Waals surface area contributed by atoms with Crippen molar-refractivity contribution in [1.82, 2.24) is 4.90 Å². The fourth-order valence-electron chi connectivity index (χ4n) is 2.70. The van der Waals surface area contributed by atoms with Crippen LogP contribution in [-0.4, -0.2) is 48.6 Å². The van der Waals surface area contributed by atoms with Gasteiger partial charge in [0.15, 0.2) is 11.6 Å². The van der Waals surface area contributed by atoms with E-state index in [2.05, 4.69) is 10.3 Å². The van der Waals surface area contributed by atoms with Gasteiger partial charge in [-0.25, -0.2) is 9.38 Å². The van der Waals surface area contributed by atoms with E-state index in [1.165, 1.54) is 18.2 Å². The highest BCUT2D eigenvalue weighted by molar-refractivity contribution is 6.35. The van der Waals surface area contributed by atoms with Crippen molar-refractivity contribution in [2.45, 2.75) is 12.8 Å². The molecule has 0 spiro atoms. The molecule has 0 atom stereocenters. The lowest BCUT2D eigenvalue weighted by Crippen LogP contribution is -2.36. The van der Waals surface area contributed by atoms with E-state index in [0.717, 1.165) is 0 Å². The molecule has 0 aromatic heterocycles. The average molecular weight is 400 g/mol. The van der Waals surface area contributed by atoms with E-state index < -0.39 is 11.7 Å². The van der Waals surface area contributed by atoms with Crippen LogP contribution >= 0.6 is 23.2 Å². The lowest BCUT2D eigenvalue weighted by Gasteiger charge is -2.30. The van der Waals surface area contributed by atoms with Gasteiger partial charge in [-0.05, 0) is 12.1 Å². The number of nitrogens with zero attached hydrogens (tertiary/aromatic N) is 2. The fraction of sp³-hybridized carbons (Fsp3) is 0.353. The standard InChI is InChI=1S/C17H16Cl2FN3O3/c18-13-6-11(7-14(19)17(13)20)22-16(25)8-10-5-12(24)9-15(21-10)23-1-3-26-4-2-23/h6-7,9H,1-5,8H2,(H,22,25). The molecule has 0 aliphatic carbocycles. The molecule has 0 bridgehead atoms. The number of nitrogens with one attached hydrogen (secondary N) is 1. The Morgan fingerprint density at radius 3 is 2.58 bits per heavy atom. The van der Waals surface area contributed by atoms with Gasteiger partial charge in [-0.15, -0.1) is 0 Å². The van der Waals surface area contributed by atoms with Gasteiger partial charge in [-0.3, -0.25) is 9.59 Å². The molecule has 1 aromatic carbocycles. The number of rotatable bonds is 4. The molecular weight excluding hydrogens is 384 g/mol. The average Bonchev–Trinajstić information content (AvgIpc) is 2.59. The van der Waals surface area contributed by atoms with Crippen LogP contribution in [-0.2, 0) is 14.3 Å². The summed E-state index contributed by atoms with van der Waals surface area (Å²) in [5.74, 6) is -0.676. The molecule has 3 rings (SSSR count). The molecule has 138 valence electrons. The zero-order valence-corrected chi connectivity index (χ0v) is 15.2. The number of anilines is 1. The van der Waals surface area contributed by atoms with E-state index in [9.17, 15) is 14.0 Å². The van der Waals surface area contributed by atoms with Crippen molar-refractivity contribution in [2.75, 3.05) is 31.6 Å². The molecule has 0 radical (unpaired) electrons. The summed E-state index contributed by atoms with van der Waals surface area (Å²) in [6.45, 7) is 2.44. The first-order valence-corrected chi connectivity index (χ1v) is 8.76. The van der Waals surface area contributed by atoms with Gasteiger partial charge < -0.3 is 15.0 Å². The highest BCUT2D eigenvalue weighted by Gasteiger charge is 2.21. The summed E-state index contributed by atoms with van der Waals surface area (Å²) in [6, 6.07) is 2.54. The number of hydrogen-bond acceptors (Lipinski definition) is 5. The number of morpholine rings is 1. The Bertz CT molecular complexity index is 781. The summed E-state index contributed by atoms with van der Waals surface area (Å²) < 4.78 is 18.7. The van der Waals surface area contributed by atoms with Gasteiger partial charge in [0.1, 0.15) is 5.82 Å². The Morgan fingerprint density at radius 2 is 1.92 bits per heavy atom. The second-order valence-electron chi connectivity index (χ2n) is 5.90. The number of carbonyl (C=O) groups excluding carboxylic acids is 2. The molecule has 2 aliphatic rings. The molecular formula is C17H16Cl2FN3O3. The van der Waals surface area contributed by atoms with E-state index >= 15 is 0 Å². The monoisotopic (exact) mass is 399 g/mol. The molecule has 0 saturated carbocycles. The van der Waals surface area contributed by atoms with Crippen molar-refractivity contribution < 1.29 is 18.7 Å². The highest BCUT2D eigenvalue weighted by Crippen LogP contribution is 2.27. The Balaban J connectivity index is 1.67. The van der Waals surface area contributed by atoms with Crippen LogP contribution in [0.2, 0.25) is 10.0 Å². The molecule has 1 amide bonds. The number of benzene rings is 1. The summed E-state index contributed by atoms with van der Waals surface area (Å²) >= 11 is 11.4. The van der Waals surface area contributed by atoms with Crippen molar-refractivity contribution in [2.24, 2.45) is 4.99 Å². The van der Waals surface area contributed by atoms with Crippen LogP contribution in [0.25, 0.3) is 0 Å². The van der Waals surface area contributed by atoms with Gasteiger partial charge in [0.25, 0.3) is 0 Å². The summed E-state index contributed by atoms with van der Waals surface area (Å²) in [7, 11) is 0. The first-order valence-electron chi connectivity index (χ1n) is 8.00. The number of halogens is 3. The Labute approximate surface area is 159 Å². The van der Waals surface area contributed by atoms with E-state index in [0.29, 0.717) is 37.8 Å². The topological polar surface area (TPSA) is 71.0 Å². The summed E-state index contributed by atoms with van der Waals surface area (Å²) in [4.78, 5) is 30.6. The van der Waals surface area contributed by atoms with Crippen molar-refractivity contribution in [3.8, 4) is 0 Å². The molecule has 9 heteroatoms. The lowest BCUT2D eigenvalue weighted by molar-refractivity contribution is -0.115. The van der Waals surface area contributed by atoms with Crippen LogP contribution in [0, 0.1) is 5.82 Å². The first-order chi connectivity index (χ1) is 12.4. The number of allylic oxidation sites excluding steroid dienone is 1. The third kappa shape index (κ3) is 4.60. The molecule has 1 fully saturated rings. The van der Waals surface area contributed by atoms with Gasteiger partial charge in [-0.2, -0.15) is 0 Å². The molecule has 2 heterocycles. The summed E-state index contributed by atoms with van der Waals surface area (Å²) in [5, 5.41) is 2.22. The Kier molecular flexibility index (Phi) is 5.90. The number of carbonyl (C=O) groups is 2. The molecule has 1 aromatic rings. The van der Waals surface area contributed by atoms with Crippen molar-refractivity contribution >= 4 is 46.3 Å². The number of ether oxygens (including phenoxy) is 1. The molecule has 26 heavy (non-hydrogen) atoms. The third-order valence-electron chi connectivity index (χ3n) is 3.91. The van der Waals surface area contributed by atoms with Gasteiger partial charge in [0, 0.05) is 37.0 Å². The SMILES string of the molecule is O=C1C=C(N2CCOCC2)N=C(CC(=O)Nc2cc(Cl)c(F)c(Cl)c2)C1.